The molecule has 0 saturated carbocycles. The average Bonchev–Trinajstić information content (AvgIpc) is 3.19. The van der Waals surface area contributed by atoms with Crippen LogP contribution in [0.1, 0.15) is 55.7 Å². The quantitative estimate of drug-likeness (QED) is 0.328. The lowest BCUT2D eigenvalue weighted by atomic mass is 9.76. The van der Waals surface area contributed by atoms with Crippen LogP contribution in [0.25, 0.3) is 0 Å². The molecule has 2 nitrogen and oxygen atoms in total. The molecular weight excluding hydrogens is 392 g/mol. The molecule has 156 valence electrons. The molecule has 5 rings (SSSR count). The summed E-state index contributed by atoms with van der Waals surface area (Å²) in [5.41, 5.74) is 4.77. The Morgan fingerprint density at radius 2 is 1.06 bits per heavy atom. The maximum atomic E-state index is 13.9. The van der Waals surface area contributed by atoms with Crippen molar-refractivity contribution in [2.24, 2.45) is 5.92 Å². The Balaban J connectivity index is 1.62. The molecule has 0 aliphatic heterocycles. The standard InChI is InChI=1S/C30H24O2/c31-27(21-12-4-1-5-13-21)20-26-24-18-10-11-19-25(24)28(22-14-6-2-7-15-22)29(26)30(32)23-16-8-3-9-17-23/h1-19,26,28-29H,20H2/t26-,28+,29+/m1/s1. The van der Waals surface area contributed by atoms with Crippen molar-refractivity contribution in [2.75, 3.05) is 0 Å². The zero-order chi connectivity index (χ0) is 21.9. The van der Waals surface area contributed by atoms with Gasteiger partial charge in [0.25, 0.3) is 0 Å². The Morgan fingerprint density at radius 3 is 1.69 bits per heavy atom. The number of carbonyl (C=O) groups is 2. The van der Waals surface area contributed by atoms with Gasteiger partial charge in [-0.05, 0) is 16.7 Å². The molecule has 0 aromatic heterocycles. The van der Waals surface area contributed by atoms with Gasteiger partial charge in [0.15, 0.2) is 11.6 Å². The first kappa shape index (κ1) is 20.1. The molecule has 0 saturated heterocycles. The van der Waals surface area contributed by atoms with Crippen LogP contribution in [0.15, 0.2) is 115 Å². The van der Waals surface area contributed by atoms with Crippen molar-refractivity contribution >= 4 is 11.6 Å². The molecule has 4 aromatic carbocycles. The second kappa shape index (κ2) is 8.76. The molecule has 2 heteroatoms. The smallest absolute Gasteiger partial charge is 0.167 e. The van der Waals surface area contributed by atoms with Gasteiger partial charge >= 0.3 is 0 Å². The van der Waals surface area contributed by atoms with Gasteiger partial charge in [0.2, 0.25) is 0 Å². The summed E-state index contributed by atoms with van der Waals surface area (Å²) in [6.45, 7) is 0. The number of fused-ring (bicyclic) bond motifs is 1. The highest BCUT2D eigenvalue weighted by Crippen LogP contribution is 2.52. The van der Waals surface area contributed by atoms with Crippen LogP contribution in [-0.2, 0) is 0 Å². The van der Waals surface area contributed by atoms with E-state index in [2.05, 4.69) is 24.3 Å². The summed E-state index contributed by atoms with van der Waals surface area (Å²) in [5, 5.41) is 0. The van der Waals surface area contributed by atoms with Crippen LogP contribution in [0.5, 0.6) is 0 Å². The van der Waals surface area contributed by atoms with E-state index in [1.54, 1.807) is 0 Å². The zero-order valence-corrected chi connectivity index (χ0v) is 17.7. The van der Waals surface area contributed by atoms with E-state index in [9.17, 15) is 9.59 Å². The Labute approximate surface area is 188 Å². The predicted octanol–water partition coefficient (Wildman–Crippen LogP) is 6.69. The number of rotatable bonds is 6. The molecule has 4 aromatic rings. The molecule has 0 fully saturated rings. The molecule has 0 spiro atoms. The first-order chi connectivity index (χ1) is 15.7. The molecular formula is C30H24O2. The van der Waals surface area contributed by atoms with Crippen LogP contribution < -0.4 is 0 Å². The molecule has 0 radical (unpaired) electrons. The van der Waals surface area contributed by atoms with Gasteiger partial charge in [-0.2, -0.15) is 0 Å². The summed E-state index contributed by atoms with van der Waals surface area (Å²) in [7, 11) is 0. The van der Waals surface area contributed by atoms with Crippen LogP contribution in [0, 0.1) is 5.92 Å². The number of ketones is 2. The predicted molar refractivity (Wildman–Crippen MR) is 127 cm³/mol. The van der Waals surface area contributed by atoms with E-state index in [1.165, 1.54) is 0 Å². The summed E-state index contributed by atoms with van der Waals surface area (Å²) in [5.74, 6) is -0.401. The lowest BCUT2D eigenvalue weighted by Gasteiger charge is -2.25. The number of benzene rings is 4. The highest BCUT2D eigenvalue weighted by Gasteiger charge is 2.46. The lowest BCUT2D eigenvalue weighted by molar-refractivity contribution is 0.0875. The van der Waals surface area contributed by atoms with E-state index in [0.29, 0.717) is 17.5 Å². The Hall–Kier alpha value is -3.78. The minimum atomic E-state index is -0.329. The van der Waals surface area contributed by atoms with Crippen molar-refractivity contribution in [1.82, 2.24) is 0 Å². The van der Waals surface area contributed by atoms with Gasteiger partial charge in [-0.15, -0.1) is 0 Å². The summed E-state index contributed by atoms with van der Waals surface area (Å²) < 4.78 is 0. The van der Waals surface area contributed by atoms with Crippen LogP contribution in [0.4, 0.5) is 0 Å². The van der Waals surface area contributed by atoms with Crippen LogP contribution in [-0.4, -0.2) is 11.6 Å². The minimum Gasteiger partial charge on any atom is -0.294 e. The number of hydrogen-bond acceptors (Lipinski definition) is 2. The molecule has 1 aliphatic carbocycles. The fraction of sp³-hybridized carbons (Fsp3) is 0.133. The first-order valence-electron chi connectivity index (χ1n) is 11.1. The van der Waals surface area contributed by atoms with Crippen molar-refractivity contribution in [3.63, 3.8) is 0 Å². The summed E-state index contributed by atoms with van der Waals surface area (Å²) in [6, 6.07) is 37.3. The van der Waals surface area contributed by atoms with Crippen LogP contribution in [0.2, 0.25) is 0 Å². The minimum absolute atomic E-state index is 0.0741. The first-order valence-corrected chi connectivity index (χ1v) is 11.1. The molecule has 0 heterocycles. The topological polar surface area (TPSA) is 34.1 Å². The zero-order valence-electron chi connectivity index (χ0n) is 17.7. The van der Waals surface area contributed by atoms with E-state index in [1.807, 2.05) is 91.0 Å². The fourth-order valence-corrected chi connectivity index (χ4v) is 5.11. The Morgan fingerprint density at radius 1 is 0.562 bits per heavy atom. The monoisotopic (exact) mass is 416 g/mol. The Bertz CT molecular complexity index is 1230. The van der Waals surface area contributed by atoms with Crippen molar-refractivity contribution in [1.29, 1.82) is 0 Å². The number of carbonyl (C=O) groups excluding carboxylic acids is 2. The summed E-state index contributed by atoms with van der Waals surface area (Å²) in [4.78, 5) is 27.2. The summed E-state index contributed by atoms with van der Waals surface area (Å²) >= 11 is 0. The maximum Gasteiger partial charge on any atom is 0.167 e. The second-order valence-corrected chi connectivity index (χ2v) is 8.37. The normalized spacial score (nSPS) is 19.3. The van der Waals surface area contributed by atoms with Crippen molar-refractivity contribution < 1.29 is 9.59 Å². The average molecular weight is 417 g/mol. The van der Waals surface area contributed by atoms with Gasteiger partial charge in [0.1, 0.15) is 0 Å². The second-order valence-electron chi connectivity index (χ2n) is 8.37. The van der Waals surface area contributed by atoms with Gasteiger partial charge in [0, 0.05) is 35.3 Å². The molecule has 1 aliphatic rings. The molecule has 3 atom stereocenters. The molecule has 0 N–H and O–H groups in total. The van der Waals surface area contributed by atoms with Gasteiger partial charge < -0.3 is 0 Å². The SMILES string of the molecule is O=C(C[C@@H]1c2ccccc2[C@H](c2ccccc2)[C@H]1C(=O)c1ccccc1)c1ccccc1. The third-order valence-electron chi connectivity index (χ3n) is 6.54. The fourth-order valence-electron chi connectivity index (χ4n) is 5.11. The molecule has 0 bridgehead atoms. The van der Waals surface area contributed by atoms with E-state index < -0.39 is 0 Å². The van der Waals surface area contributed by atoms with Crippen LogP contribution >= 0.6 is 0 Å². The van der Waals surface area contributed by atoms with E-state index >= 15 is 0 Å². The van der Waals surface area contributed by atoms with Crippen molar-refractivity contribution in [2.45, 2.75) is 18.3 Å². The van der Waals surface area contributed by atoms with Gasteiger partial charge in [-0.3, -0.25) is 9.59 Å². The van der Waals surface area contributed by atoms with E-state index in [0.717, 1.165) is 16.7 Å². The number of hydrogen-bond donors (Lipinski definition) is 0. The van der Waals surface area contributed by atoms with Gasteiger partial charge in [-0.1, -0.05) is 115 Å². The maximum absolute atomic E-state index is 13.9. The van der Waals surface area contributed by atoms with E-state index in [-0.39, 0.29) is 29.3 Å². The molecule has 32 heavy (non-hydrogen) atoms. The van der Waals surface area contributed by atoms with Crippen molar-refractivity contribution in [3.05, 3.63) is 143 Å². The Kier molecular flexibility index (Phi) is 5.51. The summed E-state index contributed by atoms with van der Waals surface area (Å²) in [6.07, 6.45) is 0.313. The third-order valence-corrected chi connectivity index (χ3v) is 6.54. The number of Topliss-reactive ketones (excluding diaryl/α,β-unsaturated/α-hetero) is 2. The van der Waals surface area contributed by atoms with Crippen molar-refractivity contribution in [3.8, 4) is 0 Å². The highest BCUT2D eigenvalue weighted by atomic mass is 16.1. The van der Waals surface area contributed by atoms with Gasteiger partial charge in [-0.25, -0.2) is 0 Å². The molecule has 0 amide bonds. The lowest BCUT2D eigenvalue weighted by Crippen LogP contribution is -2.25. The third kappa shape index (κ3) is 3.69. The van der Waals surface area contributed by atoms with E-state index in [4.69, 9.17) is 0 Å². The highest BCUT2D eigenvalue weighted by molar-refractivity contribution is 6.02. The van der Waals surface area contributed by atoms with Crippen LogP contribution in [0.3, 0.4) is 0 Å². The largest absolute Gasteiger partial charge is 0.294 e. The molecule has 0 unspecified atom stereocenters. The van der Waals surface area contributed by atoms with Gasteiger partial charge in [0.05, 0.1) is 0 Å².